The van der Waals surface area contributed by atoms with Gasteiger partial charge < -0.3 is 0 Å². The van der Waals surface area contributed by atoms with Crippen LogP contribution in [0.4, 0.5) is 4.39 Å². The zero-order chi connectivity index (χ0) is 18.2. The number of halogens is 1. The lowest BCUT2D eigenvalue weighted by atomic mass is 9.68. The summed E-state index contributed by atoms with van der Waals surface area (Å²) in [6.45, 7) is 2.05. The second-order valence-corrected chi connectivity index (χ2v) is 8.64. The zero-order valence-corrected chi connectivity index (χ0v) is 16.6. The molecule has 0 saturated heterocycles. The second-order valence-electron chi connectivity index (χ2n) is 8.64. The first-order chi connectivity index (χ1) is 12.8. The first-order valence-electron chi connectivity index (χ1n) is 11.1. The summed E-state index contributed by atoms with van der Waals surface area (Å²) in [6, 6.07) is 9.40. The third kappa shape index (κ3) is 5.44. The summed E-state index contributed by atoms with van der Waals surface area (Å²) in [5.74, 6) is 3.50. The molecule has 3 rings (SSSR count). The van der Waals surface area contributed by atoms with Crippen LogP contribution in [-0.4, -0.2) is 6.67 Å². The van der Waals surface area contributed by atoms with Gasteiger partial charge in [0, 0.05) is 0 Å². The number of unbranched alkanes of at least 4 members (excludes halogenated alkanes) is 1. The topological polar surface area (TPSA) is 0 Å². The minimum absolute atomic E-state index is 0.178. The van der Waals surface area contributed by atoms with Crippen LogP contribution in [0.25, 0.3) is 0 Å². The van der Waals surface area contributed by atoms with E-state index in [1.165, 1.54) is 56.9 Å². The van der Waals surface area contributed by atoms with Gasteiger partial charge in [-0.3, -0.25) is 4.39 Å². The third-order valence-electron chi connectivity index (χ3n) is 7.03. The minimum atomic E-state index is -0.178. The highest BCUT2D eigenvalue weighted by atomic mass is 19.1. The minimum Gasteiger partial charge on any atom is -0.251 e. The molecule has 0 aliphatic heterocycles. The van der Waals surface area contributed by atoms with Crippen LogP contribution in [0.3, 0.4) is 0 Å². The Labute approximate surface area is 160 Å². The molecule has 2 fully saturated rings. The molecule has 0 amide bonds. The smallest absolute Gasteiger partial charge is 0.0897 e. The van der Waals surface area contributed by atoms with Crippen LogP contribution in [0.2, 0.25) is 0 Å². The van der Waals surface area contributed by atoms with Gasteiger partial charge in [0.25, 0.3) is 0 Å². The molecule has 0 bridgehead atoms. The largest absolute Gasteiger partial charge is 0.251 e. The number of hydrogen-bond donors (Lipinski definition) is 0. The molecule has 0 unspecified atom stereocenters. The van der Waals surface area contributed by atoms with Crippen molar-refractivity contribution < 1.29 is 4.39 Å². The summed E-state index contributed by atoms with van der Waals surface area (Å²) in [4.78, 5) is 0. The molecule has 0 aromatic heterocycles. The molecule has 0 spiro atoms. The van der Waals surface area contributed by atoms with Crippen LogP contribution in [0.5, 0.6) is 0 Å². The van der Waals surface area contributed by atoms with Crippen molar-refractivity contribution in [1.29, 1.82) is 0 Å². The molecule has 2 aliphatic carbocycles. The van der Waals surface area contributed by atoms with Crippen molar-refractivity contribution in [2.24, 2.45) is 17.8 Å². The van der Waals surface area contributed by atoms with Gasteiger partial charge in [-0.15, -0.1) is 0 Å². The van der Waals surface area contributed by atoms with E-state index in [4.69, 9.17) is 0 Å². The summed E-state index contributed by atoms with van der Waals surface area (Å²) in [5, 5.41) is 0. The Morgan fingerprint density at radius 1 is 0.885 bits per heavy atom. The first kappa shape index (κ1) is 19.6. The highest BCUT2D eigenvalue weighted by molar-refractivity contribution is 5.25. The number of alkyl halides is 1. The van der Waals surface area contributed by atoms with Gasteiger partial charge in [-0.25, -0.2) is 0 Å². The quantitative estimate of drug-likeness (QED) is 0.348. The Hall–Kier alpha value is -1.11. The van der Waals surface area contributed by atoms with Gasteiger partial charge in [0.15, 0.2) is 0 Å². The van der Waals surface area contributed by atoms with Crippen LogP contribution in [0.1, 0.15) is 88.2 Å². The van der Waals surface area contributed by atoms with Gasteiger partial charge in [0.2, 0.25) is 0 Å². The summed E-state index contributed by atoms with van der Waals surface area (Å²) in [5.41, 5.74) is 3.03. The molecule has 0 atom stereocenters. The van der Waals surface area contributed by atoms with E-state index in [1.54, 1.807) is 5.56 Å². The lowest BCUT2D eigenvalue weighted by Crippen LogP contribution is -2.25. The lowest BCUT2D eigenvalue weighted by molar-refractivity contribution is 0.171. The fourth-order valence-electron chi connectivity index (χ4n) is 5.24. The number of allylic oxidation sites excluding steroid dienone is 2. The molecule has 0 heterocycles. The summed E-state index contributed by atoms with van der Waals surface area (Å²) in [6.07, 6.45) is 18.5. The van der Waals surface area contributed by atoms with E-state index in [9.17, 15) is 4.39 Å². The van der Waals surface area contributed by atoms with Gasteiger partial charge in [-0.05, 0) is 105 Å². The summed E-state index contributed by atoms with van der Waals surface area (Å²) >= 11 is 0. The Bertz CT molecular complexity index is 528. The summed E-state index contributed by atoms with van der Waals surface area (Å²) in [7, 11) is 0. The number of aryl methyl sites for hydroxylation is 1. The maximum absolute atomic E-state index is 12.2. The maximum Gasteiger partial charge on any atom is 0.0897 e. The average molecular weight is 357 g/mol. The van der Waals surface area contributed by atoms with E-state index in [2.05, 4.69) is 43.3 Å². The first-order valence-corrected chi connectivity index (χ1v) is 11.1. The molecule has 1 aromatic rings. The standard InChI is InChI=1S/C25H37F/c1-2-20-7-11-22(12-8-20)24-15-17-25(18-16-24)23-13-9-21(10-14-23)6-4-3-5-19-26/h4,6-8,11-12,21,23-25H,2-3,5,9-10,13-19H2,1H3. The lowest BCUT2D eigenvalue weighted by Gasteiger charge is -2.37. The molecule has 1 aromatic carbocycles. The molecule has 0 radical (unpaired) electrons. The third-order valence-corrected chi connectivity index (χ3v) is 7.03. The molecule has 2 saturated carbocycles. The maximum atomic E-state index is 12.2. The monoisotopic (exact) mass is 356 g/mol. The Kier molecular flexibility index (Phi) is 7.77. The van der Waals surface area contributed by atoms with Gasteiger partial charge >= 0.3 is 0 Å². The van der Waals surface area contributed by atoms with Crippen molar-refractivity contribution in [2.45, 2.75) is 83.5 Å². The number of hydrogen-bond acceptors (Lipinski definition) is 0. The fourth-order valence-corrected chi connectivity index (χ4v) is 5.24. The van der Waals surface area contributed by atoms with Crippen LogP contribution in [-0.2, 0) is 6.42 Å². The Balaban J connectivity index is 1.40. The van der Waals surface area contributed by atoms with Gasteiger partial charge in [-0.2, -0.15) is 0 Å². The van der Waals surface area contributed by atoms with Crippen molar-refractivity contribution in [2.75, 3.05) is 6.67 Å². The number of rotatable bonds is 7. The molecule has 144 valence electrons. The predicted molar refractivity (Wildman–Crippen MR) is 110 cm³/mol. The van der Waals surface area contributed by atoms with Crippen LogP contribution in [0, 0.1) is 17.8 Å². The Morgan fingerprint density at radius 3 is 2.08 bits per heavy atom. The van der Waals surface area contributed by atoms with E-state index in [0.717, 1.165) is 36.5 Å². The molecular weight excluding hydrogens is 319 g/mol. The molecule has 0 N–H and O–H groups in total. The highest BCUT2D eigenvalue weighted by Crippen LogP contribution is 2.44. The van der Waals surface area contributed by atoms with E-state index >= 15 is 0 Å². The van der Waals surface area contributed by atoms with E-state index in [-0.39, 0.29) is 6.67 Å². The van der Waals surface area contributed by atoms with Crippen molar-refractivity contribution in [3.63, 3.8) is 0 Å². The van der Waals surface area contributed by atoms with E-state index < -0.39 is 0 Å². The normalized spacial score (nSPS) is 29.9. The van der Waals surface area contributed by atoms with Crippen LogP contribution in [0.15, 0.2) is 36.4 Å². The second kappa shape index (κ2) is 10.3. The van der Waals surface area contributed by atoms with Gasteiger partial charge in [-0.1, -0.05) is 43.3 Å². The SMILES string of the molecule is CCc1ccc(C2CCC(C3CCC(C=CCCCF)CC3)CC2)cc1. The summed E-state index contributed by atoms with van der Waals surface area (Å²) < 4.78 is 12.2. The highest BCUT2D eigenvalue weighted by Gasteiger charge is 2.30. The average Bonchev–Trinajstić information content (AvgIpc) is 2.72. The van der Waals surface area contributed by atoms with Gasteiger partial charge in [0.05, 0.1) is 6.67 Å². The van der Waals surface area contributed by atoms with Crippen molar-refractivity contribution >= 4 is 0 Å². The Morgan fingerprint density at radius 2 is 1.50 bits per heavy atom. The molecule has 26 heavy (non-hydrogen) atoms. The molecular formula is C25H37F. The van der Waals surface area contributed by atoms with Crippen LogP contribution >= 0.6 is 0 Å². The number of benzene rings is 1. The molecule has 0 nitrogen and oxygen atoms in total. The predicted octanol–water partition coefficient (Wildman–Crippen LogP) is 7.64. The molecule has 1 heteroatoms. The van der Waals surface area contributed by atoms with Crippen molar-refractivity contribution in [3.8, 4) is 0 Å². The van der Waals surface area contributed by atoms with Crippen LogP contribution < -0.4 is 0 Å². The zero-order valence-electron chi connectivity index (χ0n) is 16.6. The van der Waals surface area contributed by atoms with E-state index in [0.29, 0.717) is 6.42 Å². The van der Waals surface area contributed by atoms with Crippen molar-refractivity contribution in [3.05, 3.63) is 47.5 Å². The van der Waals surface area contributed by atoms with Gasteiger partial charge in [0.1, 0.15) is 0 Å². The molecule has 2 aliphatic rings. The fraction of sp³-hybridized carbons (Fsp3) is 0.680. The van der Waals surface area contributed by atoms with E-state index in [1.807, 2.05) is 0 Å². The van der Waals surface area contributed by atoms with Crippen molar-refractivity contribution in [1.82, 2.24) is 0 Å².